The number of aryl methyl sites for hydroxylation is 1. The molecule has 3 nitrogen and oxygen atoms in total. The molecule has 0 heterocycles. The number of carbonyl (C=O) groups is 1. The van der Waals surface area contributed by atoms with Crippen LogP contribution in [-0.2, 0) is 4.79 Å². The fourth-order valence-electron chi connectivity index (χ4n) is 0.699. The van der Waals surface area contributed by atoms with Gasteiger partial charge >= 0.3 is 0 Å². The molecule has 0 radical (unpaired) electrons. The van der Waals surface area contributed by atoms with Crippen LogP contribution >= 0.6 is 0 Å². The Morgan fingerprint density at radius 2 is 1.82 bits per heavy atom. The third-order valence-electron chi connectivity index (χ3n) is 1.29. The van der Waals surface area contributed by atoms with E-state index in [1.807, 2.05) is 25.8 Å². The molecule has 0 bridgehead atoms. The van der Waals surface area contributed by atoms with E-state index >= 15 is 0 Å². The summed E-state index contributed by atoms with van der Waals surface area (Å²) in [5, 5.41) is 0. The summed E-state index contributed by atoms with van der Waals surface area (Å²) in [7, 11) is 0. The SMILES string of the molecule is C=O.Cc1cc(N)ccc1N. The van der Waals surface area contributed by atoms with E-state index in [1.54, 1.807) is 6.07 Å². The van der Waals surface area contributed by atoms with Crippen LogP contribution in [0.1, 0.15) is 5.56 Å². The highest BCUT2D eigenvalue weighted by Gasteiger charge is 1.90. The molecule has 11 heavy (non-hydrogen) atoms. The van der Waals surface area contributed by atoms with Gasteiger partial charge in [-0.2, -0.15) is 0 Å². The Hall–Kier alpha value is -1.51. The van der Waals surface area contributed by atoms with Gasteiger partial charge in [-0.05, 0) is 30.7 Å². The van der Waals surface area contributed by atoms with Crippen molar-refractivity contribution in [1.29, 1.82) is 0 Å². The van der Waals surface area contributed by atoms with Crippen LogP contribution < -0.4 is 11.5 Å². The average Bonchev–Trinajstić information content (AvgIpc) is 2.02. The van der Waals surface area contributed by atoms with Gasteiger partial charge in [0.1, 0.15) is 6.79 Å². The summed E-state index contributed by atoms with van der Waals surface area (Å²) in [6.45, 7) is 3.94. The molecule has 0 saturated carbocycles. The summed E-state index contributed by atoms with van der Waals surface area (Å²) in [6, 6.07) is 5.46. The maximum Gasteiger partial charge on any atom is 0.106 e. The third-order valence-corrected chi connectivity index (χ3v) is 1.29. The minimum atomic E-state index is 0.765. The molecule has 0 spiro atoms. The summed E-state index contributed by atoms with van der Waals surface area (Å²) in [4.78, 5) is 8.00. The number of nitrogens with two attached hydrogens (primary N) is 2. The molecule has 1 aromatic carbocycles. The largest absolute Gasteiger partial charge is 0.399 e. The van der Waals surface area contributed by atoms with Crippen molar-refractivity contribution in [3.63, 3.8) is 0 Å². The molecule has 0 aliphatic carbocycles. The molecule has 0 amide bonds. The third kappa shape index (κ3) is 2.71. The van der Waals surface area contributed by atoms with Gasteiger partial charge in [-0.3, -0.25) is 0 Å². The minimum Gasteiger partial charge on any atom is -0.399 e. The molecule has 0 atom stereocenters. The summed E-state index contributed by atoms with van der Waals surface area (Å²) in [5.41, 5.74) is 13.6. The van der Waals surface area contributed by atoms with Gasteiger partial charge in [0.2, 0.25) is 0 Å². The molecule has 0 aliphatic heterocycles. The van der Waals surface area contributed by atoms with E-state index in [9.17, 15) is 0 Å². The van der Waals surface area contributed by atoms with Gasteiger partial charge in [0.25, 0.3) is 0 Å². The van der Waals surface area contributed by atoms with Crippen LogP contribution in [0.15, 0.2) is 18.2 Å². The van der Waals surface area contributed by atoms with Gasteiger partial charge in [0.05, 0.1) is 0 Å². The maximum atomic E-state index is 8.00. The van der Waals surface area contributed by atoms with Gasteiger partial charge in [0, 0.05) is 11.4 Å². The Balaban J connectivity index is 0.000000461. The van der Waals surface area contributed by atoms with Crippen molar-refractivity contribution in [2.45, 2.75) is 6.92 Å². The van der Waals surface area contributed by atoms with Crippen molar-refractivity contribution in [2.24, 2.45) is 0 Å². The van der Waals surface area contributed by atoms with Crippen LogP contribution in [0.4, 0.5) is 11.4 Å². The first-order valence-electron chi connectivity index (χ1n) is 3.10. The van der Waals surface area contributed by atoms with E-state index in [2.05, 4.69) is 0 Å². The fourth-order valence-corrected chi connectivity index (χ4v) is 0.699. The lowest BCUT2D eigenvalue weighted by atomic mass is 10.2. The average molecular weight is 152 g/mol. The topological polar surface area (TPSA) is 69.1 Å². The molecular formula is C8H12N2O. The normalized spacial score (nSPS) is 8.09. The zero-order valence-electron chi connectivity index (χ0n) is 6.50. The first-order chi connectivity index (χ1) is 5.20. The summed E-state index contributed by atoms with van der Waals surface area (Å²) in [5.74, 6) is 0. The number of hydrogen-bond donors (Lipinski definition) is 2. The molecule has 1 aromatic rings. The lowest BCUT2D eigenvalue weighted by Gasteiger charge is -1.98. The molecule has 3 heteroatoms. The Labute approximate surface area is 66.0 Å². The Kier molecular flexibility index (Phi) is 3.73. The molecule has 0 aliphatic rings. The highest BCUT2D eigenvalue weighted by molar-refractivity contribution is 5.54. The van der Waals surface area contributed by atoms with E-state index in [0.29, 0.717) is 0 Å². The predicted molar refractivity (Wildman–Crippen MR) is 47.1 cm³/mol. The second-order valence-electron chi connectivity index (χ2n) is 2.12. The molecule has 0 fully saturated rings. The van der Waals surface area contributed by atoms with Gasteiger partial charge in [-0.25, -0.2) is 0 Å². The maximum absolute atomic E-state index is 8.00. The van der Waals surface area contributed by atoms with E-state index < -0.39 is 0 Å². The predicted octanol–water partition coefficient (Wildman–Crippen LogP) is 0.975. The van der Waals surface area contributed by atoms with E-state index in [0.717, 1.165) is 16.9 Å². The van der Waals surface area contributed by atoms with Gasteiger partial charge < -0.3 is 16.3 Å². The Morgan fingerprint density at radius 1 is 1.27 bits per heavy atom. The number of nitrogen functional groups attached to an aromatic ring is 2. The molecule has 4 N–H and O–H groups in total. The fraction of sp³-hybridized carbons (Fsp3) is 0.125. The number of benzene rings is 1. The summed E-state index contributed by atoms with van der Waals surface area (Å²) >= 11 is 0. The highest BCUT2D eigenvalue weighted by Crippen LogP contribution is 2.12. The van der Waals surface area contributed by atoms with Gasteiger partial charge in [-0.15, -0.1) is 0 Å². The first kappa shape index (κ1) is 9.49. The van der Waals surface area contributed by atoms with Crippen molar-refractivity contribution in [1.82, 2.24) is 0 Å². The number of hydrogen-bond acceptors (Lipinski definition) is 3. The van der Waals surface area contributed by atoms with E-state index in [4.69, 9.17) is 16.3 Å². The molecule has 1 rings (SSSR count). The van der Waals surface area contributed by atoms with Gasteiger partial charge in [-0.1, -0.05) is 0 Å². The van der Waals surface area contributed by atoms with Crippen LogP contribution in [0.3, 0.4) is 0 Å². The molecule has 0 saturated heterocycles. The van der Waals surface area contributed by atoms with Crippen LogP contribution in [0.5, 0.6) is 0 Å². The zero-order valence-corrected chi connectivity index (χ0v) is 6.50. The van der Waals surface area contributed by atoms with Crippen LogP contribution in [0.25, 0.3) is 0 Å². The highest BCUT2D eigenvalue weighted by atomic mass is 16.1. The van der Waals surface area contributed by atoms with Crippen molar-refractivity contribution in [2.75, 3.05) is 11.5 Å². The summed E-state index contributed by atoms with van der Waals surface area (Å²) in [6.07, 6.45) is 0. The van der Waals surface area contributed by atoms with Crippen molar-refractivity contribution in [3.05, 3.63) is 23.8 Å². The number of carbonyl (C=O) groups excluding carboxylic acids is 1. The van der Waals surface area contributed by atoms with E-state index in [1.165, 1.54) is 0 Å². The number of rotatable bonds is 0. The molecule has 0 aromatic heterocycles. The Bertz CT molecular complexity index is 236. The number of anilines is 2. The smallest absolute Gasteiger partial charge is 0.106 e. The van der Waals surface area contributed by atoms with Gasteiger partial charge in [0.15, 0.2) is 0 Å². The van der Waals surface area contributed by atoms with Crippen molar-refractivity contribution < 1.29 is 4.79 Å². The lowest BCUT2D eigenvalue weighted by molar-refractivity contribution is -0.0979. The molecule has 60 valence electrons. The summed E-state index contributed by atoms with van der Waals surface area (Å²) < 4.78 is 0. The van der Waals surface area contributed by atoms with E-state index in [-0.39, 0.29) is 0 Å². The van der Waals surface area contributed by atoms with Crippen LogP contribution in [0, 0.1) is 6.92 Å². The van der Waals surface area contributed by atoms with Crippen molar-refractivity contribution >= 4 is 18.2 Å². The zero-order chi connectivity index (χ0) is 8.85. The molecule has 0 unspecified atom stereocenters. The minimum absolute atomic E-state index is 0.765. The standard InChI is InChI=1S/C7H10N2.CH2O/c1-5-4-6(8)2-3-7(5)9;1-2/h2-4H,8-9H2,1H3;1H2. The quantitative estimate of drug-likeness (QED) is 0.544. The van der Waals surface area contributed by atoms with Crippen LogP contribution in [0.2, 0.25) is 0 Å². The first-order valence-corrected chi connectivity index (χ1v) is 3.10. The lowest BCUT2D eigenvalue weighted by Crippen LogP contribution is -1.91. The Morgan fingerprint density at radius 3 is 2.18 bits per heavy atom. The molecular weight excluding hydrogens is 140 g/mol. The second kappa shape index (κ2) is 4.33. The van der Waals surface area contributed by atoms with Crippen LogP contribution in [-0.4, -0.2) is 6.79 Å². The monoisotopic (exact) mass is 152 g/mol. The second-order valence-corrected chi connectivity index (χ2v) is 2.12. The van der Waals surface area contributed by atoms with Crippen molar-refractivity contribution in [3.8, 4) is 0 Å².